The summed E-state index contributed by atoms with van der Waals surface area (Å²) in [4.78, 5) is 13.6. The van der Waals surface area contributed by atoms with Crippen molar-refractivity contribution >= 4 is 5.78 Å². The molecule has 0 bridgehead atoms. The molecule has 106 valence electrons. The number of aliphatic hydroxyl groups is 1. The number of Topliss-reactive ketones (excluding diaryl/α,β-unsaturated/α-hetero) is 1. The largest absolute Gasteiger partial charge is 0.389 e. The Bertz CT molecular complexity index is 455. The highest BCUT2D eigenvalue weighted by Gasteiger charge is 2.18. The number of hydrogen-bond acceptors (Lipinski definition) is 3. The summed E-state index contributed by atoms with van der Waals surface area (Å²) in [6.07, 6.45) is 0.0763. The second-order valence-corrected chi connectivity index (χ2v) is 5.32. The molecule has 0 unspecified atom stereocenters. The zero-order valence-corrected chi connectivity index (χ0v) is 11.4. The Morgan fingerprint density at radius 2 is 2.00 bits per heavy atom. The fraction of sp³-hybridized carbons (Fsp3) is 0.500. The molecule has 0 fully saturated rings. The molecule has 0 aliphatic carbocycles. The van der Waals surface area contributed by atoms with Crippen molar-refractivity contribution in [3.8, 4) is 0 Å². The minimum Gasteiger partial charge on any atom is -0.389 e. The maximum atomic E-state index is 13.4. The van der Waals surface area contributed by atoms with E-state index in [1.807, 2.05) is 0 Å². The number of benzene rings is 1. The van der Waals surface area contributed by atoms with Gasteiger partial charge < -0.3 is 10.0 Å². The van der Waals surface area contributed by atoms with Gasteiger partial charge in [-0.1, -0.05) is 6.07 Å². The number of carbonyl (C=O) groups is 1. The third kappa shape index (κ3) is 5.04. The molecule has 1 aromatic carbocycles. The first-order chi connectivity index (χ1) is 8.70. The maximum absolute atomic E-state index is 13.4. The van der Waals surface area contributed by atoms with Crippen LogP contribution in [-0.4, -0.2) is 41.5 Å². The van der Waals surface area contributed by atoms with Crippen LogP contribution >= 0.6 is 0 Å². The van der Waals surface area contributed by atoms with Crippen LogP contribution in [0, 0.1) is 11.6 Å². The third-order valence-electron chi connectivity index (χ3n) is 2.63. The SMILES string of the molecule is CN(CCC(=O)c1cccc(F)c1F)CC(C)(C)O. The minimum atomic E-state index is -1.10. The number of halogens is 2. The molecule has 0 aliphatic heterocycles. The molecule has 1 aromatic rings. The summed E-state index contributed by atoms with van der Waals surface area (Å²) in [6, 6.07) is 3.56. The lowest BCUT2D eigenvalue weighted by Gasteiger charge is -2.25. The van der Waals surface area contributed by atoms with E-state index in [0.717, 1.165) is 6.07 Å². The number of likely N-dealkylation sites (N-methyl/N-ethyl adjacent to an activating group) is 1. The highest BCUT2D eigenvalue weighted by molar-refractivity contribution is 5.96. The second-order valence-electron chi connectivity index (χ2n) is 5.32. The number of ketones is 1. The molecule has 0 amide bonds. The molecule has 0 atom stereocenters. The van der Waals surface area contributed by atoms with Crippen molar-refractivity contribution in [2.24, 2.45) is 0 Å². The first-order valence-electron chi connectivity index (χ1n) is 6.09. The molecule has 0 spiro atoms. The zero-order valence-electron chi connectivity index (χ0n) is 11.4. The van der Waals surface area contributed by atoms with Gasteiger partial charge in [-0.3, -0.25) is 4.79 Å². The molecule has 1 N–H and O–H groups in total. The first-order valence-corrected chi connectivity index (χ1v) is 6.09. The van der Waals surface area contributed by atoms with E-state index in [9.17, 15) is 18.7 Å². The van der Waals surface area contributed by atoms with E-state index in [1.54, 1.807) is 25.8 Å². The van der Waals surface area contributed by atoms with Crippen LogP contribution in [0.15, 0.2) is 18.2 Å². The molecule has 0 aliphatic rings. The van der Waals surface area contributed by atoms with Gasteiger partial charge in [-0.25, -0.2) is 8.78 Å². The molecule has 1 rings (SSSR count). The molecule has 0 saturated carbocycles. The van der Waals surface area contributed by atoms with Crippen LogP contribution in [0.25, 0.3) is 0 Å². The van der Waals surface area contributed by atoms with Gasteiger partial charge >= 0.3 is 0 Å². The van der Waals surface area contributed by atoms with E-state index in [1.165, 1.54) is 12.1 Å². The lowest BCUT2D eigenvalue weighted by molar-refractivity contribution is 0.0437. The van der Waals surface area contributed by atoms with Gasteiger partial charge in [0.2, 0.25) is 0 Å². The molecular formula is C14H19F2NO2. The normalized spacial score (nSPS) is 11.9. The van der Waals surface area contributed by atoms with E-state index in [2.05, 4.69) is 0 Å². The molecule has 0 saturated heterocycles. The summed E-state index contributed by atoms with van der Waals surface area (Å²) >= 11 is 0. The summed E-state index contributed by atoms with van der Waals surface area (Å²) in [5, 5.41) is 9.61. The van der Waals surface area contributed by atoms with Crippen LogP contribution in [0.4, 0.5) is 8.78 Å². The third-order valence-corrected chi connectivity index (χ3v) is 2.63. The maximum Gasteiger partial charge on any atom is 0.169 e. The highest BCUT2D eigenvalue weighted by atomic mass is 19.2. The first kappa shape index (κ1) is 15.7. The van der Waals surface area contributed by atoms with Gasteiger partial charge in [0.1, 0.15) is 0 Å². The minimum absolute atomic E-state index is 0.0763. The average Bonchev–Trinajstić information content (AvgIpc) is 2.27. The van der Waals surface area contributed by atoms with Crippen molar-refractivity contribution in [2.45, 2.75) is 25.9 Å². The number of nitrogens with zero attached hydrogens (tertiary/aromatic N) is 1. The molecule has 3 nitrogen and oxygen atoms in total. The van der Waals surface area contributed by atoms with Gasteiger partial charge in [0.15, 0.2) is 17.4 Å². The van der Waals surface area contributed by atoms with Crippen molar-refractivity contribution in [3.05, 3.63) is 35.4 Å². The van der Waals surface area contributed by atoms with E-state index in [-0.39, 0.29) is 12.0 Å². The molecule has 0 aromatic heterocycles. The van der Waals surface area contributed by atoms with Crippen molar-refractivity contribution in [1.82, 2.24) is 4.90 Å². The lowest BCUT2D eigenvalue weighted by atomic mass is 10.1. The van der Waals surface area contributed by atoms with Gasteiger partial charge in [-0.2, -0.15) is 0 Å². The van der Waals surface area contributed by atoms with Crippen LogP contribution in [0.1, 0.15) is 30.6 Å². The number of hydrogen-bond donors (Lipinski definition) is 1. The topological polar surface area (TPSA) is 40.5 Å². The Morgan fingerprint density at radius 3 is 2.58 bits per heavy atom. The van der Waals surface area contributed by atoms with E-state index < -0.39 is 23.0 Å². The Hall–Kier alpha value is -1.33. The van der Waals surface area contributed by atoms with Gasteiger partial charge in [0.25, 0.3) is 0 Å². The zero-order chi connectivity index (χ0) is 14.6. The van der Waals surface area contributed by atoms with Crippen molar-refractivity contribution in [3.63, 3.8) is 0 Å². The van der Waals surface area contributed by atoms with Gasteiger partial charge in [0.05, 0.1) is 11.2 Å². The van der Waals surface area contributed by atoms with Gasteiger partial charge in [-0.05, 0) is 33.0 Å². The molecule has 5 heteroatoms. The summed E-state index contributed by atoms with van der Waals surface area (Å²) in [5.74, 6) is -2.56. The fourth-order valence-corrected chi connectivity index (χ4v) is 1.89. The average molecular weight is 271 g/mol. The quantitative estimate of drug-likeness (QED) is 0.807. The number of carbonyl (C=O) groups excluding carboxylic acids is 1. The summed E-state index contributed by atoms with van der Waals surface area (Å²) in [7, 11) is 1.76. The highest BCUT2D eigenvalue weighted by Crippen LogP contribution is 2.14. The van der Waals surface area contributed by atoms with E-state index >= 15 is 0 Å². The monoisotopic (exact) mass is 271 g/mol. The Morgan fingerprint density at radius 1 is 1.37 bits per heavy atom. The van der Waals surface area contributed by atoms with Crippen molar-refractivity contribution < 1.29 is 18.7 Å². The predicted octanol–water partition coefficient (Wildman–Crippen LogP) is 2.24. The second kappa shape index (κ2) is 6.21. The molecule has 19 heavy (non-hydrogen) atoms. The smallest absolute Gasteiger partial charge is 0.169 e. The summed E-state index contributed by atoms with van der Waals surface area (Å²) in [6.45, 7) is 4.10. The van der Waals surface area contributed by atoms with Crippen LogP contribution in [0.2, 0.25) is 0 Å². The molecule has 0 heterocycles. The number of rotatable bonds is 6. The Balaban J connectivity index is 2.59. The van der Waals surface area contributed by atoms with Crippen LogP contribution in [-0.2, 0) is 0 Å². The standard InChI is InChI=1S/C14H19F2NO2/c1-14(2,19)9-17(3)8-7-12(18)10-5-4-6-11(15)13(10)16/h4-6,19H,7-9H2,1-3H3. The lowest BCUT2D eigenvalue weighted by Crippen LogP contribution is -2.37. The van der Waals surface area contributed by atoms with Crippen molar-refractivity contribution in [1.29, 1.82) is 0 Å². The Labute approximate surface area is 111 Å². The molecule has 0 radical (unpaired) electrons. The van der Waals surface area contributed by atoms with Crippen LogP contribution in [0.5, 0.6) is 0 Å². The Kier molecular flexibility index (Phi) is 5.14. The van der Waals surface area contributed by atoms with E-state index in [0.29, 0.717) is 13.1 Å². The van der Waals surface area contributed by atoms with Crippen molar-refractivity contribution in [2.75, 3.05) is 20.1 Å². The predicted molar refractivity (Wildman–Crippen MR) is 69.1 cm³/mol. The van der Waals surface area contributed by atoms with Crippen LogP contribution in [0.3, 0.4) is 0 Å². The van der Waals surface area contributed by atoms with Crippen LogP contribution < -0.4 is 0 Å². The van der Waals surface area contributed by atoms with Gasteiger partial charge in [0, 0.05) is 19.5 Å². The molecular weight excluding hydrogens is 252 g/mol. The van der Waals surface area contributed by atoms with E-state index in [4.69, 9.17) is 0 Å². The summed E-state index contributed by atoms with van der Waals surface area (Å²) in [5.41, 5.74) is -1.08. The fourth-order valence-electron chi connectivity index (χ4n) is 1.89. The summed E-state index contributed by atoms with van der Waals surface area (Å²) < 4.78 is 26.4. The van der Waals surface area contributed by atoms with Gasteiger partial charge in [-0.15, -0.1) is 0 Å².